The number of carbonyl (C=O) groups excluding carboxylic acids is 1. The molecule has 0 fully saturated rings. The van der Waals surface area contributed by atoms with Gasteiger partial charge >= 0.3 is 18.9 Å². The summed E-state index contributed by atoms with van der Waals surface area (Å²) in [5, 5.41) is 0. The van der Waals surface area contributed by atoms with Crippen LogP contribution in [0.3, 0.4) is 0 Å². The first-order chi connectivity index (χ1) is 3.93. The van der Waals surface area contributed by atoms with Crippen LogP contribution in [0.4, 0.5) is 0 Å². The molecule has 0 amide bonds. The monoisotopic (exact) mass is 114 g/mol. The number of aldehydes is 1. The molecule has 0 aromatic heterocycles. The third-order valence-electron chi connectivity index (χ3n) is 0.936. The molecule has 1 aromatic rings. The van der Waals surface area contributed by atoms with Crippen molar-refractivity contribution >= 4 is 25.1 Å². The molecule has 0 heterocycles. The van der Waals surface area contributed by atoms with E-state index < -0.39 is 0 Å². The van der Waals surface area contributed by atoms with Crippen molar-refractivity contribution < 1.29 is 4.79 Å². The second kappa shape index (κ2) is 4.37. The van der Waals surface area contributed by atoms with Crippen molar-refractivity contribution in [3.05, 3.63) is 35.9 Å². The van der Waals surface area contributed by atoms with Crippen molar-refractivity contribution in [2.75, 3.05) is 0 Å². The van der Waals surface area contributed by atoms with E-state index in [-0.39, 0.29) is 18.9 Å². The third kappa shape index (κ3) is 2.50. The molecule has 0 N–H and O–H groups in total. The molecule has 0 aliphatic heterocycles. The van der Waals surface area contributed by atoms with Crippen LogP contribution in [-0.4, -0.2) is 25.1 Å². The van der Waals surface area contributed by atoms with Gasteiger partial charge in [0.2, 0.25) is 0 Å². The Bertz CT molecular complexity index is 172. The van der Waals surface area contributed by atoms with Gasteiger partial charge in [0.15, 0.2) is 0 Å². The number of rotatable bonds is 1. The summed E-state index contributed by atoms with van der Waals surface area (Å²) in [6.07, 6.45) is 0.833. The van der Waals surface area contributed by atoms with Crippen LogP contribution in [0.5, 0.6) is 0 Å². The summed E-state index contributed by atoms with van der Waals surface area (Å²) in [5.41, 5.74) is 0.729. The van der Waals surface area contributed by atoms with E-state index in [4.69, 9.17) is 0 Å². The van der Waals surface area contributed by atoms with E-state index in [0.717, 1.165) is 11.8 Å². The van der Waals surface area contributed by atoms with Gasteiger partial charge in [-0.15, -0.1) is 0 Å². The Morgan fingerprint density at radius 3 is 2.00 bits per heavy atom. The molecule has 1 rings (SSSR count). The summed E-state index contributed by atoms with van der Waals surface area (Å²) in [6, 6.07) is 9.10. The van der Waals surface area contributed by atoms with E-state index in [1.54, 1.807) is 12.1 Å². The van der Waals surface area contributed by atoms with Crippen molar-refractivity contribution in [2.45, 2.75) is 0 Å². The van der Waals surface area contributed by atoms with E-state index in [0.29, 0.717) is 0 Å². The van der Waals surface area contributed by atoms with Crippen LogP contribution in [0.15, 0.2) is 30.3 Å². The molecular formula is C7H7LiO. The summed E-state index contributed by atoms with van der Waals surface area (Å²) in [5.74, 6) is 0. The Kier molecular flexibility index (Phi) is 4.13. The van der Waals surface area contributed by atoms with E-state index in [1.165, 1.54) is 0 Å². The van der Waals surface area contributed by atoms with E-state index in [9.17, 15) is 4.79 Å². The summed E-state index contributed by atoms with van der Waals surface area (Å²) in [4.78, 5) is 10.0. The standard InChI is InChI=1S/C7H6O.Li.H/c8-6-7-4-2-1-3-5-7;;/h1-6H;;. The topological polar surface area (TPSA) is 17.1 Å². The summed E-state index contributed by atoms with van der Waals surface area (Å²) in [6.45, 7) is 0. The average Bonchev–Trinajstić information content (AvgIpc) is 1.90. The second-order valence-corrected chi connectivity index (χ2v) is 1.53. The fraction of sp³-hybridized carbons (Fsp3) is 0. The first-order valence-corrected chi connectivity index (χ1v) is 2.44. The molecule has 0 aliphatic rings. The molecule has 0 bridgehead atoms. The van der Waals surface area contributed by atoms with Crippen LogP contribution in [-0.2, 0) is 0 Å². The van der Waals surface area contributed by atoms with Gasteiger partial charge in [0.1, 0.15) is 6.29 Å². The molecule has 0 atom stereocenters. The Morgan fingerprint density at radius 1 is 1.11 bits per heavy atom. The molecular weight excluding hydrogens is 107 g/mol. The fourth-order valence-electron chi connectivity index (χ4n) is 0.532. The van der Waals surface area contributed by atoms with Crippen molar-refractivity contribution in [1.29, 1.82) is 0 Å². The molecule has 2 heteroatoms. The Labute approximate surface area is 66.3 Å². The Morgan fingerprint density at radius 2 is 1.67 bits per heavy atom. The van der Waals surface area contributed by atoms with Gasteiger partial charge in [0.25, 0.3) is 0 Å². The minimum atomic E-state index is 0. The zero-order valence-corrected chi connectivity index (χ0v) is 4.37. The van der Waals surface area contributed by atoms with Crippen molar-refractivity contribution in [3.63, 3.8) is 0 Å². The van der Waals surface area contributed by atoms with Gasteiger partial charge in [0.05, 0.1) is 0 Å². The van der Waals surface area contributed by atoms with Gasteiger partial charge < -0.3 is 0 Å². The van der Waals surface area contributed by atoms with Gasteiger partial charge in [0, 0.05) is 5.56 Å². The summed E-state index contributed by atoms with van der Waals surface area (Å²) in [7, 11) is 0. The SMILES string of the molecule is O=Cc1ccccc1.[LiH]. The fourth-order valence-corrected chi connectivity index (χ4v) is 0.532. The average molecular weight is 114 g/mol. The van der Waals surface area contributed by atoms with Gasteiger partial charge in [-0.1, -0.05) is 30.3 Å². The second-order valence-electron chi connectivity index (χ2n) is 1.53. The molecule has 42 valence electrons. The zero-order valence-electron chi connectivity index (χ0n) is 4.37. The molecule has 0 saturated heterocycles. The quantitative estimate of drug-likeness (QED) is 0.390. The third-order valence-corrected chi connectivity index (χ3v) is 0.936. The summed E-state index contributed by atoms with van der Waals surface area (Å²) >= 11 is 0. The predicted molar refractivity (Wildman–Crippen MR) is 39.0 cm³/mol. The molecule has 1 aromatic carbocycles. The first kappa shape index (κ1) is 8.49. The van der Waals surface area contributed by atoms with Gasteiger partial charge in [-0.05, 0) is 0 Å². The number of hydrogen-bond acceptors (Lipinski definition) is 1. The molecule has 0 radical (unpaired) electrons. The van der Waals surface area contributed by atoms with Crippen LogP contribution in [0.25, 0.3) is 0 Å². The summed E-state index contributed by atoms with van der Waals surface area (Å²) < 4.78 is 0. The van der Waals surface area contributed by atoms with Crippen LogP contribution >= 0.6 is 0 Å². The molecule has 1 nitrogen and oxygen atoms in total. The molecule has 0 aliphatic carbocycles. The van der Waals surface area contributed by atoms with E-state index in [1.807, 2.05) is 18.2 Å². The number of benzene rings is 1. The predicted octanol–water partition coefficient (Wildman–Crippen LogP) is 0.851. The van der Waals surface area contributed by atoms with Crippen LogP contribution in [0.2, 0.25) is 0 Å². The molecule has 0 unspecified atom stereocenters. The maximum absolute atomic E-state index is 10.0. The normalized spacial score (nSPS) is 7.56. The van der Waals surface area contributed by atoms with E-state index in [2.05, 4.69) is 0 Å². The molecule has 0 spiro atoms. The van der Waals surface area contributed by atoms with Crippen LogP contribution < -0.4 is 0 Å². The Hall–Kier alpha value is -0.513. The molecule has 0 saturated carbocycles. The van der Waals surface area contributed by atoms with Gasteiger partial charge in [-0.25, -0.2) is 0 Å². The Balaban J connectivity index is 0.000000640. The van der Waals surface area contributed by atoms with Gasteiger partial charge in [-0.3, -0.25) is 4.79 Å². The van der Waals surface area contributed by atoms with Crippen LogP contribution in [0, 0.1) is 0 Å². The van der Waals surface area contributed by atoms with E-state index >= 15 is 0 Å². The van der Waals surface area contributed by atoms with Crippen LogP contribution in [0.1, 0.15) is 10.4 Å². The van der Waals surface area contributed by atoms with Crippen molar-refractivity contribution in [2.24, 2.45) is 0 Å². The maximum atomic E-state index is 10.0. The van der Waals surface area contributed by atoms with Crippen molar-refractivity contribution in [3.8, 4) is 0 Å². The van der Waals surface area contributed by atoms with Crippen molar-refractivity contribution in [1.82, 2.24) is 0 Å². The number of carbonyl (C=O) groups is 1. The minimum absolute atomic E-state index is 0. The van der Waals surface area contributed by atoms with Gasteiger partial charge in [-0.2, -0.15) is 0 Å². The number of hydrogen-bond donors (Lipinski definition) is 0. The first-order valence-electron chi connectivity index (χ1n) is 2.44. The molecule has 9 heavy (non-hydrogen) atoms. The zero-order chi connectivity index (χ0) is 5.82.